The number of thiophene rings is 1. The number of rotatable bonds is 10. The van der Waals surface area contributed by atoms with Crippen molar-refractivity contribution in [3.8, 4) is 0 Å². The highest BCUT2D eigenvalue weighted by atomic mass is 32.1. The van der Waals surface area contributed by atoms with Gasteiger partial charge in [0.15, 0.2) is 0 Å². The van der Waals surface area contributed by atoms with Crippen LogP contribution in [0.5, 0.6) is 0 Å². The van der Waals surface area contributed by atoms with Crippen molar-refractivity contribution in [2.45, 2.75) is 33.0 Å². The van der Waals surface area contributed by atoms with Crippen LogP contribution in [-0.4, -0.2) is 58.9 Å². The topological polar surface area (TPSA) is 105 Å². The number of ether oxygens (including phenoxy) is 2. The normalized spacial score (nSPS) is 12.4. The van der Waals surface area contributed by atoms with Gasteiger partial charge in [0.05, 0.1) is 31.2 Å². The molecule has 0 aliphatic carbocycles. The van der Waals surface area contributed by atoms with Gasteiger partial charge in [-0.3, -0.25) is 9.69 Å². The fourth-order valence-corrected chi connectivity index (χ4v) is 4.53. The molecule has 0 spiro atoms. The second-order valence-corrected chi connectivity index (χ2v) is 8.23. The molecule has 8 nitrogen and oxygen atoms in total. The Kier molecular flexibility index (Phi) is 7.91. The third-order valence-corrected chi connectivity index (χ3v) is 5.93. The summed E-state index contributed by atoms with van der Waals surface area (Å²) in [5, 5.41) is 10.7. The third kappa shape index (κ3) is 5.76. The number of aliphatic hydroxyl groups is 1. The Morgan fingerprint density at radius 3 is 2.71 bits per heavy atom. The SMILES string of the molecule is CCOC(=O)c1sc2nc(CN(Cc3ccccc3)CC(O)COC)[nH]c(=O)c2c1C. The molecule has 0 fully saturated rings. The standard InChI is InChI=1S/C22H27N3O5S/c1-4-30-22(28)19-14(2)18-20(27)23-17(24-21(18)31-19)12-25(11-16(26)13-29-3)10-15-8-6-5-7-9-15/h5-9,16,26H,4,10-13H2,1-3H3,(H,23,24,27). The first-order chi connectivity index (χ1) is 14.9. The number of methoxy groups -OCH3 is 1. The predicted octanol–water partition coefficient (Wildman–Crippen LogP) is 2.48. The Balaban J connectivity index is 1.90. The van der Waals surface area contributed by atoms with Gasteiger partial charge >= 0.3 is 5.97 Å². The number of carbonyl (C=O) groups is 1. The molecule has 166 valence electrons. The van der Waals surface area contributed by atoms with E-state index >= 15 is 0 Å². The Bertz CT molecular complexity index is 1080. The number of benzene rings is 1. The van der Waals surface area contributed by atoms with E-state index in [-0.39, 0.29) is 18.8 Å². The fourth-order valence-electron chi connectivity index (χ4n) is 3.44. The molecule has 3 aromatic rings. The zero-order valence-corrected chi connectivity index (χ0v) is 18.7. The second kappa shape index (κ2) is 10.6. The van der Waals surface area contributed by atoms with Crippen LogP contribution in [0.2, 0.25) is 0 Å². The van der Waals surface area contributed by atoms with Crippen LogP contribution in [0.3, 0.4) is 0 Å². The van der Waals surface area contributed by atoms with E-state index in [2.05, 4.69) is 9.97 Å². The minimum absolute atomic E-state index is 0.210. The van der Waals surface area contributed by atoms with Crippen LogP contribution in [0, 0.1) is 6.92 Å². The van der Waals surface area contributed by atoms with E-state index in [1.807, 2.05) is 35.2 Å². The van der Waals surface area contributed by atoms with Crippen molar-refractivity contribution in [1.82, 2.24) is 14.9 Å². The number of hydrogen-bond donors (Lipinski definition) is 2. The number of carbonyl (C=O) groups excluding carboxylic acids is 1. The summed E-state index contributed by atoms with van der Waals surface area (Å²) in [6.45, 7) is 5.18. The number of aryl methyl sites for hydroxylation is 1. The lowest BCUT2D eigenvalue weighted by Crippen LogP contribution is -2.35. The summed E-state index contributed by atoms with van der Waals surface area (Å²) in [7, 11) is 1.54. The van der Waals surface area contributed by atoms with Crippen molar-refractivity contribution in [3.05, 3.63) is 62.5 Å². The Labute approximate surface area is 184 Å². The van der Waals surface area contributed by atoms with Gasteiger partial charge in [0, 0.05) is 20.2 Å². The van der Waals surface area contributed by atoms with Crippen molar-refractivity contribution in [2.24, 2.45) is 0 Å². The molecule has 9 heteroatoms. The molecule has 2 heterocycles. The number of hydrogen-bond acceptors (Lipinski definition) is 8. The lowest BCUT2D eigenvalue weighted by Gasteiger charge is -2.24. The summed E-state index contributed by atoms with van der Waals surface area (Å²) in [5.74, 6) is 0.0204. The summed E-state index contributed by atoms with van der Waals surface area (Å²) in [6.07, 6.45) is -0.677. The maximum atomic E-state index is 12.7. The number of nitrogens with one attached hydrogen (secondary N) is 1. The van der Waals surface area contributed by atoms with Gasteiger partial charge in [-0.15, -0.1) is 11.3 Å². The summed E-state index contributed by atoms with van der Waals surface area (Å²) in [4.78, 5) is 35.3. The summed E-state index contributed by atoms with van der Waals surface area (Å²) < 4.78 is 10.1. The molecule has 1 aromatic carbocycles. The van der Waals surface area contributed by atoms with E-state index < -0.39 is 12.1 Å². The van der Waals surface area contributed by atoms with Gasteiger partial charge in [-0.25, -0.2) is 9.78 Å². The minimum Gasteiger partial charge on any atom is -0.462 e. The van der Waals surface area contributed by atoms with Gasteiger partial charge < -0.3 is 19.6 Å². The zero-order valence-electron chi connectivity index (χ0n) is 17.9. The van der Waals surface area contributed by atoms with Crippen molar-refractivity contribution in [2.75, 3.05) is 26.9 Å². The predicted molar refractivity (Wildman–Crippen MR) is 119 cm³/mol. The van der Waals surface area contributed by atoms with E-state index in [9.17, 15) is 14.7 Å². The van der Waals surface area contributed by atoms with Crippen LogP contribution in [-0.2, 0) is 22.6 Å². The molecule has 0 saturated carbocycles. The van der Waals surface area contributed by atoms with E-state index in [1.165, 1.54) is 7.11 Å². The van der Waals surface area contributed by atoms with Gasteiger partial charge in [-0.05, 0) is 25.0 Å². The number of fused-ring (bicyclic) bond motifs is 1. The zero-order chi connectivity index (χ0) is 22.4. The first-order valence-corrected chi connectivity index (χ1v) is 10.9. The number of aromatic amines is 1. The van der Waals surface area contributed by atoms with Crippen molar-refractivity contribution >= 4 is 27.5 Å². The monoisotopic (exact) mass is 445 g/mol. The Hall–Kier alpha value is -2.59. The first-order valence-electron chi connectivity index (χ1n) is 10.1. The van der Waals surface area contributed by atoms with E-state index in [0.29, 0.717) is 46.1 Å². The molecule has 0 saturated heterocycles. The molecule has 0 amide bonds. The van der Waals surface area contributed by atoms with Crippen LogP contribution >= 0.6 is 11.3 Å². The van der Waals surface area contributed by atoms with Gasteiger partial charge in [-0.1, -0.05) is 30.3 Å². The highest BCUT2D eigenvalue weighted by Gasteiger charge is 2.21. The number of aliphatic hydroxyl groups excluding tert-OH is 1. The Morgan fingerprint density at radius 2 is 2.03 bits per heavy atom. The van der Waals surface area contributed by atoms with Gasteiger partial charge in [0.1, 0.15) is 15.5 Å². The average molecular weight is 446 g/mol. The second-order valence-electron chi connectivity index (χ2n) is 7.23. The van der Waals surface area contributed by atoms with Crippen LogP contribution in [0.4, 0.5) is 0 Å². The number of H-pyrrole nitrogens is 1. The largest absolute Gasteiger partial charge is 0.462 e. The quantitative estimate of drug-likeness (QED) is 0.462. The lowest BCUT2D eigenvalue weighted by molar-refractivity contribution is 0.0332. The Morgan fingerprint density at radius 1 is 1.29 bits per heavy atom. The van der Waals surface area contributed by atoms with Gasteiger partial charge in [0.2, 0.25) is 0 Å². The fraction of sp³-hybridized carbons (Fsp3) is 0.409. The van der Waals surface area contributed by atoms with E-state index in [1.54, 1.807) is 13.8 Å². The van der Waals surface area contributed by atoms with Gasteiger partial charge in [-0.2, -0.15) is 0 Å². The molecule has 1 unspecified atom stereocenters. The summed E-state index contributed by atoms with van der Waals surface area (Å²) >= 11 is 1.16. The maximum absolute atomic E-state index is 12.7. The molecular formula is C22H27N3O5S. The highest BCUT2D eigenvalue weighted by molar-refractivity contribution is 7.20. The number of nitrogens with zero attached hydrogens (tertiary/aromatic N) is 2. The molecule has 0 aliphatic heterocycles. The molecule has 0 aliphatic rings. The minimum atomic E-state index is -0.677. The maximum Gasteiger partial charge on any atom is 0.348 e. The molecule has 1 atom stereocenters. The third-order valence-electron chi connectivity index (χ3n) is 4.76. The lowest BCUT2D eigenvalue weighted by atomic mass is 10.2. The molecule has 31 heavy (non-hydrogen) atoms. The van der Waals surface area contributed by atoms with Crippen LogP contribution < -0.4 is 5.56 Å². The molecule has 0 radical (unpaired) electrons. The van der Waals surface area contributed by atoms with Crippen LogP contribution in [0.15, 0.2) is 35.1 Å². The van der Waals surface area contributed by atoms with E-state index in [4.69, 9.17) is 9.47 Å². The smallest absolute Gasteiger partial charge is 0.348 e. The molecule has 2 aromatic heterocycles. The molecule has 2 N–H and O–H groups in total. The summed E-state index contributed by atoms with van der Waals surface area (Å²) in [5.41, 5.74) is 1.36. The van der Waals surface area contributed by atoms with Crippen molar-refractivity contribution in [1.29, 1.82) is 0 Å². The van der Waals surface area contributed by atoms with Crippen molar-refractivity contribution in [3.63, 3.8) is 0 Å². The number of esters is 1. The van der Waals surface area contributed by atoms with Crippen LogP contribution in [0.1, 0.15) is 33.5 Å². The van der Waals surface area contributed by atoms with Crippen LogP contribution in [0.25, 0.3) is 10.2 Å². The molecule has 0 bridgehead atoms. The first kappa shape index (κ1) is 23.1. The molecule has 3 rings (SSSR count). The summed E-state index contributed by atoms with van der Waals surface area (Å²) in [6, 6.07) is 9.86. The average Bonchev–Trinajstić information content (AvgIpc) is 3.06. The number of aromatic nitrogens is 2. The van der Waals surface area contributed by atoms with Gasteiger partial charge in [0.25, 0.3) is 5.56 Å². The highest BCUT2D eigenvalue weighted by Crippen LogP contribution is 2.27. The molecular weight excluding hydrogens is 418 g/mol. The van der Waals surface area contributed by atoms with Crippen molar-refractivity contribution < 1.29 is 19.4 Å². The van der Waals surface area contributed by atoms with E-state index in [0.717, 1.165) is 16.9 Å².